The molecule has 192 valence electrons. The van der Waals surface area contributed by atoms with Crippen LogP contribution in [0.2, 0.25) is 0 Å². The maximum absolute atomic E-state index is 14.5. The summed E-state index contributed by atoms with van der Waals surface area (Å²) in [6, 6.07) is 11.8. The van der Waals surface area contributed by atoms with Gasteiger partial charge in [-0.3, -0.25) is 9.59 Å². The molecule has 8 nitrogen and oxygen atoms in total. The van der Waals surface area contributed by atoms with Crippen molar-refractivity contribution in [1.82, 2.24) is 25.5 Å². The number of nitrogens with zero attached hydrogens (tertiary/aromatic N) is 3. The molecule has 37 heavy (non-hydrogen) atoms. The van der Waals surface area contributed by atoms with E-state index in [0.717, 1.165) is 37.1 Å². The van der Waals surface area contributed by atoms with E-state index >= 15 is 0 Å². The third-order valence-electron chi connectivity index (χ3n) is 7.16. The van der Waals surface area contributed by atoms with Crippen LogP contribution in [0.4, 0.5) is 16.0 Å². The van der Waals surface area contributed by atoms with Gasteiger partial charge in [-0.15, -0.1) is 0 Å². The monoisotopic (exact) mass is 502 g/mol. The lowest BCUT2D eigenvalue weighted by Gasteiger charge is -2.32. The number of likely N-dealkylation sites (tertiary alicyclic amines) is 1. The quantitative estimate of drug-likeness (QED) is 0.490. The zero-order valence-corrected chi connectivity index (χ0v) is 21.3. The Kier molecular flexibility index (Phi) is 6.64. The van der Waals surface area contributed by atoms with Gasteiger partial charge in [-0.2, -0.15) is 0 Å². The number of fused-ring (bicyclic) bond motifs is 1. The summed E-state index contributed by atoms with van der Waals surface area (Å²) in [7, 11) is 2.05. The number of aromatic nitrogens is 2. The Labute approximate surface area is 215 Å². The predicted octanol–water partition coefficient (Wildman–Crippen LogP) is 3.87. The van der Waals surface area contributed by atoms with E-state index in [-0.39, 0.29) is 22.9 Å². The van der Waals surface area contributed by atoms with Crippen molar-refractivity contribution in [2.45, 2.75) is 38.1 Å². The van der Waals surface area contributed by atoms with Gasteiger partial charge in [0.25, 0.3) is 11.8 Å². The number of hydrogen-bond donors (Lipinski definition) is 3. The first-order chi connectivity index (χ1) is 17.7. The molecule has 0 atom stereocenters. The largest absolute Gasteiger partial charge is 0.351 e. The van der Waals surface area contributed by atoms with Crippen LogP contribution in [0.25, 0.3) is 11.3 Å². The Balaban J connectivity index is 1.35. The topological polar surface area (TPSA) is 99.3 Å². The summed E-state index contributed by atoms with van der Waals surface area (Å²) in [6.45, 7) is 6.56. The first kappa shape index (κ1) is 24.8. The normalized spacial score (nSPS) is 17.6. The van der Waals surface area contributed by atoms with Gasteiger partial charge in [-0.25, -0.2) is 14.4 Å². The zero-order valence-electron chi connectivity index (χ0n) is 21.3. The fourth-order valence-corrected chi connectivity index (χ4v) is 4.86. The molecule has 2 aromatic carbocycles. The van der Waals surface area contributed by atoms with Crippen LogP contribution in [0, 0.1) is 5.82 Å². The van der Waals surface area contributed by atoms with E-state index in [1.165, 1.54) is 12.1 Å². The number of anilines is 2. The molecule has 1 fully saturated rings. The summed E-state index contributed by atoms with van der Waals surface area (Å²) < 4.78 is 14.5. The number of rotatable bonds is 5. The van der Waals surface area contributed by atoms with Gasteiger partial charge in [0, 0.05) is 41.0 Å². The molecule has 1 saturated heterocycles. The van der Waals surface area contributed by atoms with E-state index in [4.69, 9.17) is 0 Å². The van der Waals surface area contributed by atoms with Gasteiger partial charge in [0.15, 0.2) is 0 Å². The summed E-state index contributed by atoms with van der Waals surface area (Å²) >= 11 is 0. The summed E-state index contributed by atoms with van der Waals surface area (Å²) in [5.41, 5.74) is 3.48. The van der Waals surface area contributed by atoms with Crippen molar-refractivity contribution in [3.05, 3.63) is 71.2 Å². The summed E-state index contributed by atoms with van der Waals surface area (Å²) in [6.07, 6.45) is 3.32. The third kappa shape index (κ3) is 5.32. The van der Waals surface area contributed by atoms with E-state index in [9.17, 15) is 14.0 Å². The molecule has 0 saturated carbocycles. The number of carbonyl (C=O) groups excluding carboxylic acids is 2. The lowest BCUT2D eigenvalue weighted by Crippen LogP contribution is -2.43. The van der Waals surface area contributed by atoms with Crippen molar-refractivity contribution in [1.29, 1.82) is 0 Å². The molecule has 0 spiro atoms. The van der Waals surface area contributed by atoms with E-state index in [0.29, 0.717) is 29.4 Å². The van der Waals surface area contributed by atoms with Crippen LogP contribution in [0.1, 0.15) is 53.0 Å². The Hall–Kier alpha value is -3.85. The lowest BCUT2D eigenvalue weighted by molar-refractivity contribution is 0.0909. The zero-order chi connectivity index (χ0) is 26.2. The number of carbonyl (C=O) groups is 2. The molecule has 3 heterocycles. The Bertz CT molecular complexity index is 1350. The molecule has 1 aromatic heterocycles. The highest BCUT2D eigenvalue weighted by Gasteiger charge is 2.31. The van der Waals surface area contributed by atoms with Crippen LogP contribution in [-0.4, -0.2) is 59.4 Å². The first-order valence-electron chi connectivity index (χ1n) is 12.5. The van der Waals surface area contributed by atoms with Gasteiger partial charge in [0.05, 0.1) is 11.3 Å². The predicted molar refractivity (Wildman–Crippen MR) is 140 cm³/mol. The SMILES string of the molecule is CN1CCC(NC(=O)c2cc(Nc3nccc(-c4ccc5c(c4)C(C)(C)CNC5=O)n3)ccc2F)CC1. The minimum absolute atomic E-state index is 0.0183. The molecule has 3 N–H and O–H groups in total. The lowest BCUT2D eigenvalue weighted by atomic mass is 9.78. The highest BCUT2D eigenvalue weighted by molar-refractivity contribution is 5.98. The summed E-state index contributed by atoms with van der Waals surface area (Å²) in [5, 5.41) is 8.99. The highest BCUT2D eigenvalue weighted by Crippen LogP contribution is 2.33. The molecular weight excluding hydrogens is 471 g/mol. The maximum Gasteiger partial charge on any atom is 0.254 e. The molecule has 5 rings (SSSR count). The van der Waals surface area contributed by atoms with Crippen LogP contribution in [0.3, 0.4) is 0 Å². The second-order valence-corrected chi connectivity index (χ2v) is 10.5. The number of hydrogen-bond acceptors (Lipinski definition) is 6. The van der Waals surface area contributed by atoms with Gasteiger partial charge in [-0.05, 0) is 74.9 Å². The van der Waals surface area contributed by atoms with Crippen molar-refractivity contribution < 1.29 is 14.0 Å². The fraction of sp³-hybridized carbons (Fsp3) is 0.357. The second-order valence-electron chi connectivity index (χ2n) is 10.5. The van der Waals surface area contributed by atoms with Gasteiger partial charge < -0.3 is 20.9 Å². The number of benzene rings is 2. The maximum atomic E-state index is 14.5. The second kappa shape index (κ2) is 9.89. The number of nitrogens with one attached hydrogen (secondary N) is 3. The fourth-order valence-electron chi connectivity index (χ4n) is 4.86. The Morgan fingerprint density at radius 1 is 1.14 bits per heavy atom. The standard InChI is InChI=1S/C28H31FN6O2/c1-28(2)16-31-25(36)20-6-4-17(14-22(20)28)24-8-11-30-27(34-24)33-19-5-7-23(29)21(15-19)26(37)32-18-9-12-35(3)13-10-18/h4-8,11,14-15,18H,9-10,12-13,16H2,1-3H3,(H,31,36)(H,32,37)(H,30,33,34). The average molecular weight is 503 g/mol. The third-order valence-corrected chi connectivity index (χ3v) is 7.16. The van der Waals surface area contributed by atoms with Gasteiger partial charge in [0.2, 0.25) is 5.95 Å². The minimum atomic E-state index is -0.577. The molecule has 0 unspecified atom stereocenters. The van der Waals surface area contributed by atoms with E-state index in [1.807, 2.05) is 18.2 Å². The summed E-state index contributed by atoms with van der Waals surface area (Å²) in [4.78, 5) is 36.2. The van der Waals surface area contributed by atoms with E-state index in [2.05, 4.69) is 51.7 Å². The number of halogens is 1. The van der Waals surface area contributed by atoms with Gasteiger partial charge in [0.1, 0.15) is 5.82 Å². The molecule has 0 bridgehead atoms. The van der Waals surface area contributed by atoms with Crippen molar-refractivity contribution in [2.24, 2.45) is 0 Å². The van der Waals surface area contributed by atoms with Gasteiger partial charge >= 0.3 is 0 Å². The van der Waals surface area contributed by atoms with Gasteiger partial charge in [-0.1, -0.05) is 19.9 Å². The van der Waals surface area contributed by atoms with Crippen molar-refractivity contribution in [3.63, 3.8) is 0 Å². The molecule has 2 aliphatic heterocycles. The number of amides is 2. The molecule has 0 radical (unpaired) electrons. The van der Waals surface area contributed by atoms with Crippen molar-refractivity contribution in [3.8, 4) is 11.3 Å². The van der Waals surface area contributed by atoms with Crippen LogP contribution in [0.5, 0.6) is 0 Å². The van der Waals surface area contributed by atoms with Crippen LogP contribution < -0.4 is 16.0 Å². The molecule has 9 heteroatoms. The Morgan fingerprint density at radius 3 is 2.70 bits per heavy atom. The van der Waals surface area contributed by atoms with Crippen molar-refractivity contribution in [2.75, 3.05) is 32.0 Å². The first-order valence-corrected chi connectivity index (χ1v) is 12.5. The number of piperidine rings is 1. The Morgan fingerprint density at radius 2 is 1.92 bits per heavy atom. The molecule has 2 aliphatic rings. The minimum Gasteiger partial charge on any atom is -0.351 e. The van der Waals surface area contributed by atoms with Crippen LogP contribution in [0.15, 0.2) is 48.7 Å². The molecule has 3 aromatic rings. The van der Waals surface area contributed by atoms with E-state index in [1.54, 1.807) is 18.3 Å². The van der Waals surface area contributed by atoms with Crippen molar-refractivity contribution >= 4 is 23.5 Å². The van der Waals surface area contributed by atoms with E-state index < -0.39 is 11.7 Å². The smallest absolute Gasteiger partial charge is 0.254 e. The van der Waals surface area contributed by atoms with Crippen LogP contribution in [-0.2, 0) is 5.41 Å². The highest BCUT2D eigenvalue weighted by atomic mass is 19.1. The van der Waals surface area contributed by atoms with Crippen LogP contribution >= 0.6 is 0 Å². The summed E-state index contributed by atoms with van der Waals surface area (Å²) in [5.74, 6) is -0.754. The molecular formula is C28H31FN6O2. The average Bonchev–Trinajstić information content (AvgIpc) is 2.89. The molecule has 0 aliphatic carbocycles. The molecule has 2 amide bonds.